The molecule has 3 heteroatoms. The Morgan fingerprint density at radius 1 is 1.47 bits per heavy atom. The molecule has 0 spiro atoms. The zero-order valence-corrected chi connectivity index (χ0v) is 8.31. The van der Waals surface area contributed by atoms with E-state index in [9.17, 15) is 4.79 Å². The molecule has 3 nitrogen and oxygen atoms in total. The summed E-state index contributed by atoms with van der Waals surface area (Å²) in [5.74, 6) is 0.273. The molecule has 15 heavy (non-hydrogen) atoms. The van der Waals surface area contributed by atoms with Crippen molar-refractivity contribution in [3.05, 3.63) is 35.9 Å². The summed E-state index contributed by atoms with van der Waals surface area (Å²) < 4.78 is 0. The zero-order chi connectivity index (χ0) is 10.7. The molecule has 0 aromatic heterocycles. The molecule has 1 aromatic rings. The standard InChI is InChI=1S/C12H12N2O/c13-7-6-12(15)14-11-8-10(11)9-4-2-1-3-5-9/h1-5,10-11H,6,8H2,(H,14,15). The van der Waals surface area contributed by atoms with Gasteiger partial charge in [0, 0.05) is 12.0 Å². The van der Waals surface area contributed by atoms with Crippen LogP contribution in [0.5, 0.6) is 0 Å². The van der Waals surface area contributed by atoms with Gasteiger partial charge in [-0.3, -0.25) is 4.79 Å². The molecule has 0 saturated heterocycles. The Bertz CT molecular complexity index is 394. The second kappa shape index (κ2) is 4.14. The molecule has 0 heterocycles. The van der Waals surface area contributed by atoms with Gasteiger partial charge in [-0.2, -0.15) is 5.26 Å². The van der Waals surface area contributed by atoms with E-state index in [2.05, 4.69) is 17.4 Å². The minimum atomic E-state index is -0.166. The summed E-state index contributed by atoms with van der Waals surface area (Å²) in [6.07, 6.45) is 0.944. The summed E-state index contributed by atoms with van der Waals surface area (Å²) in [6.45, 7) is 0. The highest BCUT2D eigenvalue weighted by atomic mass is 16.1. The predicted octanol–water partition coefficient (Wildman–Crippen LogP) is 1.57. The number of hydrogen-bond donors (Lipinski definition) is 1. The van der Waals surface area contributed by atoms with Crippen LogP contribution in [0.15, 0.2) is 30.3 Å². The summed E-state index contributed by atoms with van der Waals surface area (Å²) in [4.78, 5) is 11.1. The number of nitriles is 1. The van der Waals surface area contributed by atoms with Gasteiger partial charge in [0.2, 0.25) is 5.91 Å². The van der Waals surface area contributed by atoms with Crippen LogP contribution in [0.2, 0.25) is 0 Å². The molecule has 1 aliphatic rings. The highest BCUT2D eigenvalue weighted by Crippen LogP contribution is 2.40. The van der Waals surface area contributed by atoms with Gasteiger partial charge in [-0.15, -0.1) is 0 Å². The van der Waals surface area contributed by atoms with Crippen molar-refractivity contribution in [3.8, 4) is 6.07 Å². The maximum absolute atomic E-state index is 11.1. The predicted molar refractivity (Wildman–Crippen MR) is 56.0 cm³/mol. The van der Waals surface area contributed by atoms with Crippen LogP contribution in [0.4, 0.5) is 0 Å². The maximum Gasteiger partial charge on any atom is 0.234 e. The third-order valence-electron chi connectivity index (χ3n) is 2.60. The van der Waals surface area contributed by atoms with Crippen LogP contribution in [-0.2, 0) is 4.79 Å². The highest BCUT2D eigenvalue weighted by molar-refractivity contribution is 5.78. The van der Waals surface area contributed by atoms with Gasteiger partial charge >= 0.3 is 0 Å². The van der Waals surface area contributed by atoms with Crippen LogP contribution >= 0.6 is 0 Å². The topological polar surface area (TPSA) is 52.9 Å². The van der Waals surface area contributed by atoms with E-state index in [1.165, 1.54) is 5.56 Å². The molecule has 0 bridgehead atoms. The van der Waals surface area contributed by atoms with Crippen molar-refractivity contribution in [2.75, 3.05) is 0 Å². The van der Waals surface area contributed by atoms with E-state index in [0.717, 1.165) is 6.42 Å². The largest absolute Gasteiger partial charge is 0.352 e. The van der Waals surface area contributed by atoms with E-state index in [0.29, 0.717) is 5.92 Å². The molecule has 1 aromatic carbocycles. The first-order valence-electron chi connectivity index (χ1n) is 5.02. The Hall–Kier alpha value is -1.82. The van der Waals surface area contributed by atoms with E-state index in [1.807, 2.05) is 24.3 Å². The first kappa shape index (κ1) is 9.72. The molecule has 1 N–H and O–H groups in total. The van der Waals surface area contributed by atoms with E-state index in [1.54, 1.807) is 0 Å². The average molecular weight is 200 g/mol. The smallest absolute Gasteiger partial charge is 0.234 e. The fraction of sp³-hybridized carbons (Fsp3) is 0.333. The van der Waals surface area contributed by atoms with Crippen molar-refractivity contribution in [2.45, 2.75) is 24.8 Å². The number of amides is 1. The van der Waals surface area contributed by atoms with Crippen LogP contribution in [0.1, 0.15) is 24.3 Å². The van der Waals surface area contributed by atoms with Gasteiger partial charge in [0.05, 0.1) is 6.07 Å². The summed E-state index contributed by atoms with van der Waals surface area (Å²) >= 11 is 0. The molecule has 76 valence electrons. The number of nitrogens with one attached hydrogen (secondary N) is 1. The number of nitrogens with zero attached hydrogens (tertiary/aromatic N) is 1. The molecule has 1 saturated carbocycles. The van der Waals surface area contributed by atoms with Crippen molar-refractivity contribution in [1.82, 2.24) is 5.32 Å². The van der Waals surface area contributed by atoms with Gasteiger partial charge in [-0.1, -0.05) is 30.3 Å². The number of benzene rings is 1. The first-order chi connectivity index (χ1) is 7.31. The van der Waals surface area contributed by atoms with Crippen molar-refractivity contribution in [3.63, 3.8) is 0 Å². The quantitative estimate of drug-likeness (QED) is 0.805. The van der Waals surface area contributed by atoms with E-state index >= 15 is 0 Å². The lowest BCUT2D eigenvalue weighted by molar-refractivity contribution is -0.120. The number of carbonyl (C=O) groups excluding carboxylic acids is 1. The summed E-state index contributed by atoms with van der Waals surface area (Å²) in [7, 11) is 0. The van der Waals surface area contributed by atoms with Crippen LogP contribution < -0.4 is 5.32 Å². The van der Waals surface area contributed by atoms with Gasteiger partial charge in [0.1, 0.15) is 6.42 Å². The molecule has 2 rings (SSSR count). The zero-order valence-electron chi connectivity index (χ0n) is 8.31. The van der Waals surface area contributed by atoms with E-state index in [4.69, 9.17) is 5.26 Å². The summed E-state index contributed by atoms with van der Waals surface area (Å²) in [5.41, 5.74) is 1.26. The van der Waals surface area contributed by atoms with Gasteiger partial charge in [0.15, 0.2) is 0 Å². The molecule has 0 radical (unpaired) electrons. The molecule has 1 fully saturated rings. The number of carbonyl (C=O) groups is 1. The van der Waals surface area contributed by atoms with Crippen LogP contribution in [0.3, 0.4) is 0 Å². The minimum absolute atomic E-state index is 0.0436. The van der Waals surface area contributed by atoms with Gasteiger partial charge < -0.3 is 5.32 Å². The second-order valence-corrected chi connectivity index (χ2v) is 3.76. The average Bonchev–Trinajstić information content (AvgIpc) is 2.99. The Morgan fingerprint density at radius 2 is 2.20 bits per heavy atom. The number of rotatable bonds is 3. The molecular weight excluding hydrogens is 188 g/mol. The van der Waals surface area contributed by atoms with Crippen LogP contribution in [0, 0.1) is 11.3 Å². The van der Waals surface area contributed by atoms with Crippen molar-refractivity contribution in [1.29, 1.82) is 5.26 Å². The Labute approximate surface area is 88.7 Å². The molecular formula is C12H12N2O. The lowest BCUT2D eigenvalue weighted by atomic mass is 10.1. The van der Waals surface area contributed by atoms with Crippen LogP contribution in [-0.4, -0.2) is 11.9 Å². The Balaban J connectivity index is 1.87. The third-order valence-corrected chi connectivity index (χ3v) is 2.60. The van der Waals surface area contributed by atoms with E-state index in [-0.39, 0.29) is 18.4 Å². The summed E-state index contributed by atoms with van der Waals surface area (Å²) in [5, 5.41) is 11.2. The van der Waals surface area contributed by atoms with Gasteiger partial charge in [-0.05, 0) is 12.0 Å². The molecule has 2 unspecified atom stereocenters. The molecule has 1 amide bonds. The monoisotopic (exact) mass is 200 g/mol. The molecule has 2 atom stereocenters. The maximum atomic E-state index is 11.1. The lowest BCUT2D eigenvalue weighted by Crippen LogP contribution is -2.25. The summed E-state index contributed by atoms with van der Waals surface area (Å²) in [6, 6.07) is 12.2. The van der Waals surface area contributed by atoms with Crippen molar-refractivity contribution in [2.24, 2.45) is 0 Å². The molecule has 0 aliphatic heterocycles. The van der Waals surface area contributed by atoms with Gasteiger partial charge in [-0.25, -0.2) is 0 Å². The van der Waals surface area contributed by atoms with Crippen LogP contribution in [0.25, 0.3) is 0 Å². The normalized spacial score (nSPS) is 22.9. The first-order valence-corrected chi connectivity index (χ1v) is 5.02. The minimum Gasteiger partial charge on any atom is -0.352 e. The molecule has 1 aliphatic carbocycles. The third kappa shape index (κ3) is 2.35. The van der Waals surface area contributed by atoms with Crippen molar-refractivity contribution < 1.29 is 4.79 Å². The van der Waals surface area contributed by atoms with Crippen molar-refractivity contribution >= 4 is 5.91 Å². The fourth-order valence-corrected chi connectivity index (χ4v) is 1.75. The fourth-order valence-electron chi connectivity index (χ4n) is 1.75. The highest BCUT2D eigenvalue weighted by Gasteiger charge is 2.39. The SMILES string of the molecule is N#CCC(=O)NC1CC1c1ccccc1. The Morgan fingerprint density at radius 3 is 2.87 bits per heavy atom. The second-order valence-electron chi connectivity index (χ2n) is 3.76. The van der Waals surface area contributed by atoms with E-state index < -0.39 is 0 Å². The Kier molecular flexibility index (Phi) is 2.68. The number of hydrogen-bond acceptors (Lipinski definition) is 2. The lowest BCUT2D eigenvalue weighted by Gasteiger charge is -2.01. The van der Waals surface area contributed by atoms with Gasteiger partial charge in [0.25, 0.3) is 0 Å².